The van der Waals surface area contributed by atoms with Gasteiger partial charge in [0.05, 0.1) is 22.9 Å². The van der Waals surface area contributed by atoms with Gasteiger partial charge in [-0.05, 0) is 20.9 Å². The first kappa shape index (κ1) is 14.7. The normalized spacial score (nSPS) is 11.1. The molecule has 0 spiro atoms. The number of nitrogens with one attached hydrogen (secondary N) is 1. The second-order valence-electron chi connectivity index (χ2n) is 4.87. The Labute approximate surface area is 122 Å². The molecule has 0 radical (unpaired) electrons. The average Bonchev–Trinajstić information content (AvgIpc) is 2.85. The Hall–Kier alpha value is -1.73. The molecule has 0 aliphatic carbocycles. The van der Waals surface area contributed by atoms with Crippen molar-refractivity contribution in [3.63, 3.8) is 0 Å². The highest BCUT2D eigenvalue weighted by Gasteiger charge is 2.11. The summed E-state index contributed by atoms with van der Waals surface area (Å²) in [4.78, 5) is 18.3. The van der Waals surface area contributed by atoms with E-state index in [2.05, 4.69) is 15.4 Å². The molecule has 1 N–H and O–H groups in total. The minimum absolute atomic E-state index is 0.0533. The molecule has 0 atom stereocenters. The summed E-state index contributed by atoms with van der Waals surface area (Å²) in [6.07, 6.45) is 0. The van der Waals surface area contributed by atoms with Crippen LogP contribution in [0.15, 0.2) is 11.4 Å². The van der Waals surface area contributed by atoms with E-state index in [4.69, 9.17) is 0 Å². The summed E-state index contributed by atoms with van der Waals surface area (Å²) in [6.45, 7) is 4.86. The summed E-state index contributed by atoms with van der Waals surface area (Å²) in [7, 11) is 3.72. The zero-order valence-electron chi connectivity index (χ0n) is 12.2. The zero-order valence-corrected chi connectivity index (χ0v) is 13.0. The quantitative estimate of drug-likeness (QED) is 0.909. The van der Waals surface area contributed by atoms with Gasteiger partial charge in [0.2, 0.25) is 5.91 Å². The zero-order chi connectivity index (χ0) is 14.7. The number of nitrogens with zero attached hydrogens (tertiary/aromatic N) is 4. The number of hydrogen-bond donors (Lipinski definition) is 1. The van der Waals surface area contributed by atoms with Crippen LogP contribution in [0.1, 0.15) is 16.4 Å². The Balaban J connectivity index is 1.86. The summed E-state index contributed by atoms with van der Waals surface area (Å²) < 4.78 is 1.66. The molecule has 1 amide bonds. The van der Waals surface area contributed by atoms with Crippen molar-refractivity contribution in [2.75, 3.05) is 18.9 Å². The second kappa shape index (κ2) is 6.15. The number of thiazole rings is 1. The summed E-state index contributed by atoms with van der Waals surface area (Å²) in [6, 6.07) is 1.85. The van der Waals surface area contributed by atoms with Crippen LogP contribution in [0.4, 0.5) is 5.82 Å². The van der Waals surface area contributed by atoms with Crippen molar-refractivity contribution in [3.05, 3.63) is 27.8 Å². The van der Waals surface area contributed by atoms with E-state index in [0.717, 1.165) is 16.4 Å². The maximum atomic E-state index is 12.0. The van der Waals surface area contributed by atoms with Gasteiger partial charge >= 0.3 is 0 Å². The van der Waals surface area contributed by atoms with Crippen LogP contribution in [0.3, 0.4) is 0 Å². The van der Waals surface area contributed by atoms with E-state index in [1.54, 1.807) is 16.0 Å². The number of likely N-dealkylation sites (N-methyl/N-ethyl adjacent to an activating group) is 1. The van der Waals surface area contributed by atoms with Gasteiger partial charge in [-0.1, -0.05) is 0 Å². The molecule has 0 bridgehead atoms. The van der Waals surface area contributed by atoms with Crippen molar-refractivity contribution in [1.82, 2.24) is 19.7 Å². The largest absolute Gasteiger partial charge is 0.310 e. The molecule has 6 nitrogen and oxygen atoms in total. The molecular weight excluding hydrogens is 274 g/mol. The van der Waals surface area contributed by atoms with Gasteiger partial charge < -0.3 is 5.32 Å². The average molecular weight is 293 g/mol. The molecule has 0 aromatic carbocycles. The first-order valence-electron chi connectivity index (χ1n) is 6.34. The van der Waals surface area contributed by atoms with Gasteiger partial charge in [0, 0.05) is 25.0 Å². The molecule has 2 aromatic rings. The van der Waals surface area contributed by atoms with Crippen LogP contribution in [-0.2, 0) is 18.4 Å². The number of carbonyl (C=O) groups excluding carboxylic acids is 1. The number of anilines is 1. The van der Waals surface area contributed by atoms with E-state index in [1.807, 2.05) is 44.3 Å². The van der Waals surface area contributed by atoms with Crippen LogP contribution in [0.5, 0.6) is 0 Å². The summed E-state index contributed by atoms with van der Waals surface area (Å²) in [5.41, 5.74) is 1.88. The van der Waals surface area contributed by atoms with Crippen molar-refractivity contribution < 1.29 is 4.79 Å². The van der Waals surface area contributed by atoms with Gasteiger partial charge in [0.25, 0.3) is 0 Å². The SMILES string of the molecule is Cc1cc(NC(=O)CN(C)Cc2csc(C)n2)n(C)n1. The lowest BCUT2D eigenvalue weighted by atomic mass is 10.4. The summed E-state index contributed by atoms with van der Waals surface area (Å²) in [5, 5.41) is 10.1. The number of aromatic nitrogens is 3. The highest BCUT2D eigenvalue weighted by atomic mass is 32.1. The molecule has 0 saturated heterocycles. The molecule has 0 saturated carbocycles. The molecule has 2 heterocycles. The van der Waals surface area contributed by atoms with Crippen LogP contribution < -0.4 is 5.32 Å². The van der Waals surface area contributed by atoms with Crippen molar-refractivity contribution in [2.24, 2.45) is 7.05 Å². The molecule has 0 fully saturated rings. The molecule has 0 aliphatic rings. The van der Waals surface area contributed by atoms with Crippen LogP contribution in [-0.4, -0.2) is 39.2 Å². The number of hydrogen-bond acceptors (Lipinski definition) is 5. The molecule has 108 valence electrons. The third-order valence-corrected chi connectivity index (χ3v) is 3.60. The number of aryl methyl sites for hydroxylation is 3. The van der Waals surface area contributed by atoms with Crippen LogP contribution in [0, 0.1) is 13.8 Å². The standard InChI is InChI=1S/C13H19N5OS/c1-9-5-12(18(4)16-9)15-13(19)7-17(3)6-11-8-20-10(2)14-11/h5,8H,6-7H2,1-4H3,(H,15,19). The number of rotatable bonds is 5. The maximum absolute atomic E-state index is 12.0. The molecule has 0 aliphatic heterocycles. The first-order chi connectivity index (χ1) is 9.44. The number of amides is 1. The molecule has 2 rings (SSSR count). The Morgan fingerprint density at radius 2 is 2.25 bits per heavy atom. The van der Waals surface area contributed by atoms with E-state index in [9.17, 15) is 4.79 Å². The van der Waals surface area contributed by atoms with Crippen molar-refractivity contribution >= 4 is 23.1 Å². The lowest BCUT2D eigenvalue weighted by molar-refractivity contribution is -0.117. The molecular formula is C13H19N5OS. The molecule has 2 aromatic heterocycles. The molecule has 20 heavy (non-hydrogen) atoms. The lowest BCUT2D eigenvalue weighted by Crippen LogP contribution is -2.30. The Morgan fingerprint density at radius 1 is 1.50 bits per heavy atom. The predicted octanol–water partition coefficient (Wildman–Crippen LogP) is 1.56. The minimum Gasteiger partial charge on any atom is -0.310 e. The van der Waals surface area contributed by atoms with Gasteiger partial charge in [0.15, 0.2) is 0 Å². The van der Waals surface area contributed by atoms with E-state index in [1.165, 1.54) is 0 Å². The monoisotopic (exact) mass is 293 g/mol. The lowest BCUT2D eigenvalue weighted by Gasteiger charge is -2.14. The topological polar surface area (TPSA) is 63.1 Å². The van der Waals surface area contributed by atoms with Crippen LogP contribution in [0.25, 0.3) is 0 Å². The third kappa shape index (κ3) is 3.88. The van der Waals surface area contributed by atoms with Gasteiger partial charge in [-0.3, -0.25) is 14.4 Å². The van der Waals surface area contributed by atoms with E-state index in [0.29, 0.717) is 18.9 Å². The maximum Gasteiger partial charge on any atom is 0.239 e. The molecule has 0 unspecified atom stereocenters. The van der Waals surface area contributed by atoms with Gasteiger partial charge in [-0.2, -0.15) is 5.10 Å². The minimum atomic E-state index is -0.0533. The number of carbonyl (C=O) groups is 1. The predicted molar refractivity (Wildman–Crippen MR) is 79.8 cm³/mol. The smallest absolute Gasteiger partial charge is 0.239 e. The van der Waals surface area contributed by atoms with Crippen LogP contribution >= 0.6 is 11.3 Å². The van der Waals surface area contributed by atoms with Crippen molar-refractivity contribution in [1.29, 1.82) is 0 Å². The highest BCUT2D eigenvalue weighted by molar-refractivity contribution is 7.09. The van der Waals surface area contributed by atoms with Gasteiger partial charge in [0.1, 0.15) is 5.82 Å². The Kier molecular flexibility index (Phi) is 4.51. The fraction of sp³-hybridized carbons (Fsp3) is 0.462. The Morgan fingerprint density at radius 3 is 2.80 bits per heavy atom. The van der Waals surface area contributed by atoms with Crippen LogP contribution in [0.2, 0.25) is 0 Å². The summed E-state index contributed by atoms with van der Waals surface area (Å²) in [5.74, 6) is 0.660. The van der Waals surface area contributed by atoms with Gasteiger partial charge in [-0.25, -0.2) is 4.98 Å². The van der Waals surface area contributed by atoms with E-state index >= 15 is 0 Å². The van der Waals surface area contributed by atoms with E-state index in [-0.39, 0.29) is 5.91 Å². The van der Waals surface area contributed by atoms with E-state index < -0.39 is 0 Å². The fourth-order valence-electron chi connectivity index (χ4n) is 1.97. The fourth-order valence-corrected chi connectivity index (χ4v) is 2.57. The van der Waals surface area contributed by atoms with Crippen molar-refractivity contribution in [2.45, 2.75) is 20.4 Å². The van der Waals surface area contributed by atoms with Crippen molar-refractivity contribution in [3.8, 4) is 0 Å². The third-order valence-electron chi connectivity index (χ3n) is 2.78. The highest BCUT2D eigenvalue weighted by Crippen LogP contribution is 2.10. The second-order valence-corrected chi connectivity index (χ2v) is 5.94. The Bertz CT molecular complexity index is 604. The molecule has 7 heteroatoms. The van der Waals surface area contributed by atoms with Gasteiger partial charge in [-0.15, -0.1) is 11.3 Å². The summed E-state index contributed by atoms with van der Waals surface area (Å²) >= 11 is 1.62. The first-order valence-corrected chi connectivity index (χ1v) is 7.22.